The zero-order chi connectivity index (χ0) is 20.6. The van der Waals surface area contributed by atoms with Crippen LogP contribution in [0, 0.1) is 13.8 Å². The van der Waals surface area contributed by atoms with Gasteiger partial charge in [0.2, 0.25) is 0 Å². The average Bonchev–Trinajstić information content (AvgIpc) is 3.36. The lowest BCUT2D eigenvalue weighted by atomic mass is 10.2. The van der Waals surface area contributed by atoms with Crippen LogP contribution in [0.25, 0.3) is 0 Å². The number of aromatic nitrogens is 1. The third kappa shape index (κ3) is 5.77. The zero-order valence-electron chi connectivity index (χ0n) is 16.7. The minimum Gasteiger partial charge on any atom is -0.493 e. The summed E-state index contributed by atoms with van der Waals surface area (Å²) in [4.78, 5) is 13.8. The fourth-order valence-corrected chi connectivity index (χ4v) is 4.39. The number of ether oxygens (including phenoxy) is 2. The molecule has 8 heteroatoms. The van der Waals surface area contributed by atoms with Gasteiger partial charge >= 0.3 is 0 Å². The number of rotatable bonds is 10. The Hall–Kier alpha value is -2.45. The molecule has 0 bridgehead atoms. The van der Waals surface area contributed by atoms with Gasteiger partial charge in [0.25, 0.3) is 5.91 Å². The Bertz CT molecular complexity index is 919. The molecule has 1 N–H and O–H groups in total. The summed E-state index contributed by atoms with van der Waals surface area (Å²) in [5.74, 6) is 3.51. The van der Waals surface area contributed by atoms with E-state index in [4.69, 9.17) is 14.0 Å². The molecule has 6 nitrogen and oxygen atoms in total. The Morgan fingerprint density at radius 2 is 2.14 bits per heavy atom. The maximum atomic E-state index is 12.4. The van der Waals surface area contributed by atoms with Crippen molar-refractivity contribution in [1.82, 2.24) is 10.5 Å². The van der Waals surface area contributed by atoms with Crippen LogP contribution in [0.3, 0.4) is 0 Å². The molecule has 0 spiro atoms. The highest BCUT2D eigenvalue weighted by Crippen LogP contribution is 2.29. The standard InChI is InChI=1S/C21H24N2O4S2/c1-14-18(15(2)27-23-14)12-26-19-7-6-16(11-20(19)25-3)21(24)22-8-10-28-13-17-5-4-9-29-17/h4-7,9,11H,8,10,12-13H2,1-3H3,(H,22,24). The molecule has 0 fully saturated rings. The second-order valence-electron chi connectivity index (χ2n) is 6.34. The van der Waals surface area contributed by atoms with Gasteiger partial charge in [-0.1, -0.05) is 11.2 Å². The molecule has 0 aliphatic rings. The molecule has 0 aliphatic heterocycles. The van der Waals surface area contributed by atoms with Crippen molar-refractivity contribution >= 4 is 29.0 Å². The van der Waals surface area contributed by atoms with Crippen molar-refractivity contribution in [2.45, 2.75) is 26.2 Å². The molecule has 29 heavy (non-hydrogen) atoms. The van der Waals surface area contributed by atoms with Gasteiger partial charge in [-0.05, 0) is 43.5 Å². The fraction of sp³-hybridized carbons (Fsp3) is 0.333. The summed E-state index contributed by atoms with van der Waals surface area (Å²) >= 11 is 3.56. The van der Waals surface area contributed by atoms with E-state index in [-0.39, 0.29) is 5.91 Å². The summed E-state index contributed by atoms with van der Waals surface area (Å²) in [6.07, 6.45) is 0. The summed E-state index contributed by atoms with van der Waals surface area (Å²) in [7, 11) is 1.56. The van der Waals surface area contributed by atoms with Crippen molar-refractivity contribution in [2.24, 2.45) is 0 Å². The van der Waals surface area contributed by atoms with Crippen LogP contribution in [0.4, 0.5) is 0 Å². The molecule has 0 radical (unpaired) electrons. The number of methoxy groups -OCH3 is 1. The van der Waals surface area contributed by atoms with Crippen LogP contribution in [-0.4, -0.2) is 30.5 Å². The summed E-state index contributed by atoms with van der Waals surface area (Å²) in [5.41, 5.74) is 2.25. The van der Waals surface area contributed by atoms with Crippen LogP contribution in [0.1, 0.15) is 32.3 Å². The highest BCUT2D eigenvalue weighted by Gasteiger charge is 2.14. The van der Waals surface area contributed by atoms with Gasteiger partial charge in [0.15, 0.2) is 11.5 Å². The van der Waals surface area contributed by atoms with E-state index in [1.807, 2.05) is 13.8 Å². The van der Waals surface area contributed by atoms with E-state index < -0.39 is 0 Å². The summed E-state index contributed by atoms with van der Waals surface area (Å²) in [5, 5.41) is 8.95. The second-order valence-corrected chi connectivity index (χ2v) is 8.48. The first kappa shape index (κ1) is 21.3. The van der Waals surface area contributed by atoms with Gasteiger partial charge in [-0.25, -0.2) is 0 Å². The Morgan fingerprint density at radius 3 is 2.83 bits per heavy atom. The molecule has 1 amide bonds. The first-order valence-electron chi connectivity index (χ1n) is 9.19. The van der Waals surface area contributed by atoms with Crippen molar-refractivity contribution in [2.75, 3.05) is 19.4 Å². The van der Waals surface area contributed by atoms with E-state index in [0.717, 1.165) is 28.5 Å². The third-order valence-electron chi connectivity index (χ3n) is 4.34. The average molecular weight is 433 g/mol. The minimum absolute atomic E-state index is 0.128. The molecule has 2 aromatic heterocycles. The molecule has 3 aromatic rings. The number of hydrogen-bond donors (Lipinski definition) is 1. The molecule has 0 saturated heterocycles. The monoisotopic (exact) mass is 432 g/mol. The number of thiophene rings is 1. The molecule has 0 aliphatic carbocycles. The van der Waals surface area contributed by atoms with Crippen LogP contribution < -0.4 is 14.8 Å². The van der Waals surface area contributed by atoms with E-state index in [9.17, 15) is 4.79 Å². The van der Waals surface area contributed by atoms with Crippen LogP contribution >= 0.6 is 23.1 Å². The lowest BCUT2D eigenvalue weighted by Gasteiger charge is -2.12. The zero-order valence-corrected chi connectivity index (χ0v) is 18.3. The Morgan fingerprint density at radius 1 is 1.28 bits per heavy atom. The molecular formula is C21H24N2O4S2. The maximum Gasteiger partial charge on any atom is 0.251 e. The largest absolute Gasteiger partial charge is 0.493 e. The van der Waals surface area contributed by atoms with Gasteiger partial charge in [-0.15, -0.1) is 11.3 Å². The van der Waals surface area contributed by atoms with Crippen molar-refractivity contribution in [3.8, 4) is 11.5 Å². The minimum atomic E-state index is -0.128. The highest BCUT2D eigenvalue weighted by atomic mass is 32.2. The van der Waals surface area contributed by atoms with E-state index in [1.165, 1.54) is 4.88 Å². The SMILES string of the molecule is COc1cc(C(=O)NCCSCc2cccs2)ccc1OCc1c(C)noc1C. The molecule has 0 saturated carbocycles. The highest BCUT2D eigenvalue weighted by molar-refractivity contribution is 7.98. The predicted molar refractivity (Wildman–Crippen MR) is 116 cm³/mol. The van der Waals surface area contributed by atoms with Crippen molar-refractivity contribution < 1.29 is 18.8 Å². The van der Waals surface area contributed by atoms with Gasteiger partial charge in [0.1, 0.15) is 12.4 Å². The quantitative estimate of drug-likeness (QED) is 0.472. The Labute approximate surface area is 178 Å². The van der Waals surface area contributed by atoms with Crippen molar-refractivity contribution in [3.05, 3.63) is 63.2 Å². The number of amides is 1. The smallest absolute Gasteiger partial charge is 0.251 e. The third-order valence-corrected chi connectivity index (χ3v) is 6.40. The molecule has 2 heterocycles. The molecular weight excluding hydrogens is 408 g/mol. The summed E-state index contributed by atoms with van der Waals surface area (Å²) < 4.78 is 16.4. The number of nitrogens with zero attached hydrogens (tertiary/aromatic N) is 1. The van der Waals surface area contributed by atoms with Gasteiger partial charge in [-0.2, -0.15) is 11.8 Å². The normalized spacial score (nSPS) is 10.7. The number of thioether (sulfide) groups is 1. The second kappa shape index (κ2) is 10.4. The number of carbonyl (C=O) groups excluding carboxylic acids is 1. The lowest BCUT2D eigenvalue weighted by molar-refractivity contribution is 0.0955. The molecule has 0 unspecified atom stereocenters. The topological polar surface area (TPSA) is 73.6 Å². The first-order valence-corrected chi connectivity index (χ1v) is 11.2. The Balaban J connectivity index is 1.51. The van der Waals surface area contributed by atoms with E-state index in [1.54, 1.807) is 48.4 Å². The van der Waals surface area contributed by atoms with Crippen LogP contribution in [-0.2, 0) is 12.4 Å². The molecule has 154 valence electrons. The van der Waals surface area contributed by atoms with Gasteiger partial charge in [0.05, 0.1) is 18.4 Å². The summed E-state index contributed by atoms with van der Waals surface area (Å²) in [6, 6.07) is 9.35. The van der Waals surface area contributed by atoms with Gasteiger partial charge in [0, 0.05) is 28.5 Å². The number of benzene rings is 1. The fourth-order valence-electron chi connectivity index (χ4n) is 2.69. The number of nitrogens with one attached hydrogen (secondary N) is 1. The number of hydrogen-bond acceptors (Lipinski definition) is 7. The maximum absolute atomic E-state index is 12.4. The van der Waals surface area contributed by atoms with E-state index in [0.29, 0.717) is 30.2 Å². The van der Waals surface area contributed by atoms with Crippen molar-refractivity contribution in [1.29, 1.82) is 0 Å². The predicted octanol–water partition coefficient (Wildman–Crippen LogP) is 4.60. The van der Waals surface area contributed by atoms with Crippen LogP contribution in [0.5, 0.6) is 11.5 Å². The van der Waals surface area contributed by atoms with Crippen LogP contribution in [0.2, 0.25) is 0 Å². The number of carbonyl (C=O) groups is 1. The first-order chi connectivity index (χ1) is 14.1. The van der Waals surface area contributed by atoms with Crippen LogP contribution in [0.15, 0.2) is 40.2 Å². The van der Waals surface area contributed by atoms with Gasteiger partial charge < -0.3 is 19.3 Å². The van der Waals surface area contributed by atoms with Gasteiger partial charge in [-0.3, -0.25) is 4.79 Å². The summed E-state index contributed by atoms with van der Waals surface area (Å²) in [6.45, 7) is 4.66. The molecule has 0 atom stereocenters. The Kier molecular flexibility index (Phi) is 7.60. The van der Waals surface area contributed by atoms with E-state index in [2.05, 4.69) is 28.0 Å². The lowest BCUT2D eigenvalue weighted by Crippen LogP contribution is -2.25. The number of aryl methyl sites for hydroxylation is 2. The molecule has 1 aromatic carbocycles. The molecule has 3 rings (SSSR count). The van der Waals surface area contributed by atoms with Crippen molar-refractivity contribution in [3.63, 3.8) is 0 Å². The van der Waals surface area contributed by atoms with E-state index >= 15 is 0 Å².